The molecular weight excluding hydrogens is 323 g/mol. The number of hydrogen-bond donors (Lipinski definition) is 2. The molecule has 2 N–H and O–H groups in total. The van der Waals surface area contributed by atoms with Crippen molar-refractivity contribution in [2.45, 2.75) is 6.04 Å². The van der Waals surface area contributed by atoms with E-state index in [1.54, 1.807) is 6.07 Å². The number of nitrogens with zero attached hydrogens (tertiary/aromatic N) is 2. The third-order valence-corrected chi connectivity index (χ3v) is 4.76. The number of hydrogen-bond acceptors (Lipinski definition) is 5. The van der Waals surface area contributed by atoms with E-state index < -0.39 is 6.04 Å². The van der Waals surface area contributed by atoms with Crippen molar-refractivity contribution in [2.24, 2.45) is 0 Å². The molecule has 138 valence electrons. The molecular formula is C18H27FN4O2. The van der Waals surface area contributed by atoms with Gasteiger partial charge in [0.2, 0.25) is 5.91 Å². The molecule has 0 spiro atoms. The summed E-state index contributed by atoms with van der Waals surface area (Å²) in [6.45, 7) is 7.99. The molecule has 2 heterocycles. The van der Waals surface area contributed by atoms with Crippen molar-refractivity contribution in [3.63, 3.8) is 0 Å². The Morgan fingerprint density at radius 1 is 1.24 bits per heavy atom. The molecule has 3 rings (SSSR count). The van der Waals surface area contributed by atoms with Crippen LogP contribution in [-0.4, -0.2) is 81.3 Å². The Kier molecular flexibility index (Phi) is 6.75. The molecule has 1 aromatic carbocycles. The van der Waals surface area contributed by atoms with Crippen LogP contribution in [0.3, 0.4) is 0 Å². The van der Waals surface area contributed by atoms with Gasteiger partial charge in [0.05, 0.1) is 13.2 Å². The zero-order valence-electron chi connectivity index (χ0n) is 14.5. The SMILES string of the molecule is O=C(NCCN1CCNCC1)C(c1cccc(F)c1)N1CCOCC1. The van der Waals surface area contributed by atoms with Gasteiger partial charge in [-0.1, -0.05) is 12.1 Å². The highest BCUT2D eigenvalue weighted by atomic mass is 19.1. The lowest BCUT2D eigenvalue weighted by atomic mass is 10.0. The Morgan fingerprint density at radius 3 is 2.72 bits per heavy atom. The van der Waals surface area contributed by atoms with Gasteiger partial charge in [0.15, 0.2) is 0 Å². The zero-order chi connectivity index (χ0) is 17.5. The quantitative estimate of drug-likeness (QED) is 0.769. The average Bonchev–Trinajstić information content (AvgIpc) is 2.64. The summed E-state index contributed by atoms with van der Waals surface area (Å²) >= 11 is 0. The van der Waals surface area contributed by atoms with Crippen LogP contribution in [0.15, 0.2) is 24.3 Å². The molecule has 1 amide bonds. The van der Waals surface area contributed by atoms with E-state index in [0.717, 1.165) is 32.7 Å². The number of rotatable bonds is 6. The van der Waals surface area contributed by atoms with E-state index in [-0.39, 0.29) is 11.7 Å². The summed E-state index contributed by atoms with van der Waals surface area (Å²) in [4.78, 5) is 17.3. The van der Waals surface area contributed by atoms with Gasteiger partial charge in [0.25, 0.3) is 0 Å². The van der Waals surface area contributed by atoms with E-state index in [2.05, 4.69) is 20.4 Å². The minimum absolute atomic E-state index is 0.0670. The standard InChI is InChI=1S/C18H27FN4O2/c19-16-3-1-2-15(14-16)17(23-10-12-25-13-11-23)18(24)21-6-9-22-7-4-20-5-8-22/h1-3,14,17,20H,4-13H2,(H,21,24). The summed E-state index contributed by atoms with van der Waals surface area (Å²) in [7, 11) is 0. The van der Waals surface area contributed by atoms with Crippen molar-refractivity contribution in [3.8, 4) is 0 Å². The maximum atomic E-state index is 13.7. The number of ether oxygens (including phenoxy) is 1. The first-order valence-corrected chi connectivity index (χ1v) is 9.02. The molecule has 25 heavy (non-hydrogen) atoms. The number of carbonyl (C=O) groups is 1. The second kappa shape index (κ2) is 9.24. The van der Waals surface area contributed by atoms with Gasteiger partial charge in [-0.15, -0.1) is 0 Å². The average molecular weight is 350 g/mol. The summed E-state index contributed by atoms with van der Waals surface area (Å²) in [5.74, 6) is -0.382. The van der Waals surface area contributed by atoms with Gasteiger partial charge in [-0.2, -0.15) is 0 Å². The van der Waals surface area contributed by atoms with Crippen LogP contribution in [0.2, 0.25) is 0 Å². The fourth-order valence-electron chi connectivity index (χ4n) is 3.41. The molecule has 6 nitrogen and oxygen atoms in total. The number of benzene rings is 1. The second-order valence-corrected chi connectivity index (χ2v) is 6.49. The molecule has 2 aliphatic heterocycles. The van der Waals surface area contributed by atoms with Crippen LogP contribution in [0, 0.1) is 5.82 Å². The van der Waals surface area contributed by atoms with Gasteiger partial charge in [-0.3, -0.25) is 14.6 Å². The lowest BCUT2D eigenvalue weighted by Gasteiger charge is -2.34. The van der Waals surface area contributed by atoms with Crippen molar-refractivity contribution >= 4 is 5.91 Å². The summed E-state index contributed by atoms with van der Waals surface area (Å²) in [6, 6.07) is 5.87. The van der Waals surface area contributed by atoms with Gasteiger partial charge in [-0.25, -0.2) is 4.39 Å². The maximum absolute atomic E-state index is 13.7. The number of nitrogens with one attached hydrogen (secondary N) is 2. The van der Waals surface area contributed by atoms with Crippen molar-refractivity contribution in [3.05, 3.63) is 35.6 Å². The Hall–Kier alpha value is -1.54. The van der Waals surface area contributed by atoms with Gasteiger partial charge in [0.1, 0.15) is 11.9 Å². The van der Waals surface area contributed by atoms with Crippen LogP contribution in [0.25, 0.3) is 0 Å². The molecule has 7 heteroatoms. The van der Waals surface area contributed by atoms with E-state index in [0.29, 0.717) is 38.4 Å². The van der Waals surface area contributed by atoms with Gasteiger partial charge >= 0.3 is 0 Å². The fraction of sp³-hybridized carbons (Fsp3) is 0.611. The zero-order valence-corrected chi connectivity index (χ0v) is 14.5. The van der Waals surface area contributed by atoms with Gasteiger partial charge in [0, 0.05) is 52.4 Å². The molecule has 1 atom stereocenters. The molecule has 1 aromatic rings. The fourth-order valence-corrected chi connectivity index (χ4v) is 3.41. The number of morpholine rings is 1. The Balaban J connectivity index is 1.62. The van der Waals surface area contributed by atoms with E-state index in [1.807, 2.05) is 6.07 Å². The molecule has 2 fully saturated rings. The molecule has 0 aromatic heterocycles. The van der Waals surface area contributed by atoms with Crippen LogP contribution in [-0.2, 0) is 9.53 Å². The minimum atomic E-state index is -0.470. The predicted octanol–water partition coefficient (Wildman–Crippen LogP) is 0.220. The minimum Gasteiger partial charge on any atom is -0.379 e. The normalized spacial score (nSPS) is 21.0. The number of piperazine rings is 1. The Bertz CT molecular complexity index is 560. The van der Waals surface area contributed by atoms with Crippen LogP contribution in [0.4, 0.5) is 4.39 Å². The summed E-state index contributed by atoms with van der Waals surface area (Å²) in [5.41, 5.74) is 0.696. The molecule has 1 unspecified atom stereocenters. The largest absolute Gasteiger partial charge is 0.379 e. The van der Waals surface area contributed by atoms with Crippen molar-refractivity contribution in [1.29, 1.82) is 0 Å². The highest BCUT2D eigenvalue weighted by Crippen LogP contribution is 2.23. The molecule has 2 saturated heterocycles. The number of carbonyl (C=O) groups excluding carboxylic acids is 1. The van der Waals surface area contributed by atoms with Crippen LogP contribution < -0.4 is 10.6 Å². The Morgan fingerprint density at radius 2 is 2.00 bits per heavy atom. The number of halogens is 1. The molecule has 0 aliphatic carbocycles. The predicted molar refractivity (Wildman–Crippen MR) is 93.9 cm³/mol. The van der Waals surface area contributed by atoms with E-state index in [4.69, 9.17) is 4.74 Å². The summed E-state index contributed by atoms with van der Waals surface area (Å²) in [6.07, 6.45) is 0. The second-order valence-electron chi connectivity index (χ2n) is 6.49. The van der Waals surface area contributed by atoms with Crippen molar-refractivity contribution in [1.82, 2.24) is 20.4 Å². The van der Waals surface area contributed by atoms with Crippen LogP contribution in [0.1, 0.15) is 11.6 Å². The molecule has 2 aliphatic rings. The van der Waals surface area contributed by atoms with Crippen molar-refractivity contribution in [2.75, 3.05) is 65.6 Å². The third kappa shape index (κ3) is 5.22. The van der Waals surface area contributed by atoms with Gasteiger partial charge < -0.3 is 15.4 Å². The van der Waals surface area contributed by atoms with Gasteiger partial charge in [-0.05, 0) is 17.7 Å². The third-order valence-electron chi connectivity index (χ3n) is 4.76. The first-order chi connectivity index (χ1) is 12.2. The lowest BCUT2D eigenvalue weighted by Crippen LogP contribution is -2.49. The number of amides is 1. The molecule has 0 bridgehead atoms. The topological polar surface area (TPSA) is 56.8 Å². The highest BCUT2D eigenvalue weighted by molar-refractivity contribution is 5.83. The van der Waals surface area contributed by atoms with E-state index in [1.165, 1.54) is 12.1 Å². The van der Waals surface area contributed by atoms with Crippen LogP contribution in [0.5, 0.6) is 0 Å². The van der Waals surface area contributed by atoms with Crippen molar-refractivity contribution < 1.29 is 13.9 Å². The Labute approximate surface area is 148 Å². The maximum Gasteiger partial charge on any atom is 0.242 e. The van der Waals surface area contributed by atoms with E-state index >= 15 is 0 Å². The van der Waals surface area contributed by atoms with E-state index in [9.17, 15) is 9.18 Å². The summed E-state index contributed by atoms with van der Waals surface area (Å²) < 4.78 is 19.1. The first kappa shape index (κ1) is 18.3. The monoisotopic (exact) mass is 350 g/mol. The smallest absolute Gasteiger partial charge is 0.242 e. The van der Waals surface area contributed by atoms with Crippen LogP contribution >= 0.6 is 0 Å². The highest BCUT2D eigenvalue weighted by Gasteiger charge is 2.29. The molecule has 0 radical (unpaired) electrons. The lowest BCUT2D eigenvalue weighted by molar-refractivity contribution is -0.128. The molecule has 0 saturated carbocycles. The first-order valence-electron chi connectivity index (χ1n) is 9.02. The summed E-state index contributed by atoms with van der Waals surface area (Å²) in [5, 5.41) is 6.36.